The van der Waals surface area contributed by atoms with Crippen LogP contribution in [-0.4, -0.2) is 60.4 Å². The van der Waals surface area contributed by atoms with Crippen LogP contribution >= 0.6 is 0 Å². The van der Waals surface area contributed by atoms with E-state index in [1.807, 2.05) is 24.3 Å². The van der Waals surface area contributed by atoms with Crippen molar-refractivity contribution in [1.29, 1.82) is 0 Å². The molecule has 44 heavy (non-hydrogen) atoms. The number of hydrogen-bond acceptors (Lipinski definition) is 7. The molecule has 3 aromatic carbocycles. The largest absolute Gasteiger partial charge is 0.381 e. The van der Waals surface area contributed by atoms with Gasteiger partial charge in [0.2, 0.25) is 0 Å². The fraction of sp³-hybridized carbons (Fsp3) is 0.312. The van der Waals surface area contributed by atoms with E-state index in [1.165, 1.54) is 51.1 Å². The second-order valence-electron chi connectivity index (χ2n) is 11.3. The van der Waals surface area contributed by atoms with Crippen LogP contribution in [0.25, 0.3) is 5.69 Å². The van der Waals surface area contributed by atoms with Crippen LogP contribution in [0.3, 0.4) is 0 Å². The van der Waals surface area contributed by atoms with E-state index in [9.17, 15) is 18.7 Å². The molecule has 5 aromatic rings. The molecule has 0 amide bonds. The molecule has 0 radical (unpaired) electrons. The minimum absolute atomic E-state index is 0.190. The molecule has 2 unspecified atom stereocenters. The first-order chi connectivity index (χ1) is 21.1. The molecule has 1 N–H and O–H groups in total. The van der Waals surface area contributed by atoms with Gasteiger partial charge >= 0.3 is 5.69 Å². The van der Waals surface area contributed by atoms with Gasteiger partial charge in [-0.3, -0.25) is 0 Å². The van der Waals surface area contributed by atoms with Crippen LogP contribution < -0.4 is 15.5 Å². The van der Waals surface area contributed by atoms with Gasteiger partial charge in [0.05, 0.1) is 18.3 Å². The zero-order valence-electron chi connectivity index (χ0n) is 24.8. The Bertz CT molecular complexity index is 1810. The molecular weight excluding hydrogens is 566 g/mol. The Labute approximate surface area is 253 Å². The molecule has 1 aliphatic heterocycles. The minimum atomic E-state index is -2.02. The lowest BCUT2D eigenvalue weighted by Crippen LogP contribution is -2.46. The lowest BCUT2D eigenvalue weighted by atomic mass is 9.86. The monoisotopic (exact) mass is 600 g/mol. The van der Waals surface area contributed by atoms with E-state index in [2.05, 4.69) is 57.0 Å². The summed E-state index contributed by atoms with van der Waals surface area (Å²) in [6.07, 6.45) is 4.01. The van der Waals surface area contributed by atoms with Gasteiger partial charge in [-0.15, -0.1) is 0 Å². The molecule has 10 nitrogen and oxygen atoms in total. The maximum atomic E-state index is 15.0. The van der Waals surface area contributed by atoms with Crippen molar-refractivity contribution in [3.63, 3.8) is 0 Å². The average molecular weight is 601 g/mol. The van der Waals surface area contributed by atoms with Gasteiger partial charge in [0.15, 0.2) is 0 Å². The molecule has 228 valence electrons. The van der Waals surface area contributed by atoms with Gasteiger partial charge < -0.3 is 14.9 Å². The van der Waals surface area contributed by atoms with Gasteiger partial charge in [-0.05, 0) is 74.4 Å². The molecule has 0 spiro atoms. The number of nitrogens with zero attached hydrogens (tertiary/aromatic N) is 8. The molecular formula is C32H34F2N8O2. The Morgan fingerprint density at radius 1 is 0.841 bits per heavy atom. The van der Waals surface area contributed by atoms with Gasteiger partial charge in [0.25, 0.3) is 0 Å². The summed E-state index contributed by atoms with van der Waals surface area (Å²) in [5, 5.41) is 20.2. The van der Waals surface area contributed by atoms with Gasteiger partial charge in [-0.1, -0.05) is 12.1 Å². The molecule has 2 aromatic heterocycles. The van der Waals surface area contributed by atoms with Crippen LogP contribution in [0.2, 0.25) is 0 Å². The highest BCUT2D eigenvalue weighted by Crippen LogP contribution is 2.36. The van der Waals surface area contributed by atoms with Gasteiger partial charge in [0, 0.05) is 49.2 Å². The van der Waals surface area contributed by atoms with Crippen LogP contribution in [0, 0.1) is 25.5 Å². The maximum absolute atomic E-state index is 15.0. The third-order valence-electron chi connectivity index (χ3n) is 8.65. The second kappa shape index (κ2) is 11.7. The molecule has 0 saturated carbocycles. The van der Waals surface area contributed by atoms with E-state index in [0.29, 0.717) is 11.8 Å². The second-order valence-corrected chi connectivity index (χ2v) is 11.3. The Balaban J connectivity index is 1.21. The fourth-order valence-electron chi connectivity index (χ4n) is 5.77. The quantitative estimate of drug-likeness (QED) is 0.288. The summed E-state index contributed by atoms with van der Waals surface area (Å²) in [4.78, 5) is 22.2. The smallest absolute Gasteiger partial charge is 0.350 e. The third-order valence-corrected chi connectivity index (χ3v) is 8.65. The highest BCUT2D eigenvalue weighted by Gasteiger charge is 2.42. The zero-order chi connectivity index (χ0) is 31.0. The van der Waals surface area contributed by atoms with E-state index >= 15 is 0 Å². The summed E-state index contributed by atoms with van der Waals surface area (Å²) in [7, 11) is 0. The van der Waals surface area contributed by atoms with E-state index in [4.69, 9.17) is 0 Å². The van der Waals surface area contributed by atoms with E-state index in [0.717, 1.165) is 42.6 Å². The number of rotatable bonds is 8. The van der Waals surface area contributed by atoms with Crippen molar-refractivity contribution in [3.8, 4) is 5.69 Å². The standard InChI is InChI=1S/C32H34F2N8O2/c1-22-4-6-28(16-23(22)2)39-14-12-38(13-15-39)26-7-9-27(10-8-26)41-21-37-42(31(41)43)24(3)32(44,18-40-20-35-19-36-40)29-11-5-25(33)17-30(29)34/h4-11,16-17,19-21,24,44H,12-15,18H2,1-3H3. The van der Waals surface area contributed by atoms with Gasteiger partial charge in [0.1, 0.15) is 36.2 Å². The Hall–Kier alpha value is -4.84. The molecule has 2 atom stereocenters. The normalized spacial score (nSPS) is 15.8. The predicted octanol–water partition coefficient (Wildman–Crippen LogP) is 4.00. The molecule has 1 saturated heterocycles. The Kier molecular flexibility index (Phi) is 7.76. The topological polar surface area (TPSA) is 97.2 Å². The first-order valence-corrected chi connectivity index (χ1v) is 14.5. The number of hydrogen-bond donors (Lipinski definition) is 1. The van der Waals surface area contributed by atoms with Gasteiger partial charge in [-0.25, -0.2) is 32.5 Å². The van der Waals surface area contributed by atoms with E-state index in [-0.39, 0.29) is 12.1 Å². The molecule has 0 aliphatic carbocycles. The van der Waals surface area contributed by atoms with Crippen molar-refractivity contribution >= 4 is 11.4 Å². The van der Waals surface area contributed by atoms with Crippen LogP contribution in [0.4, 0.5) is 20.2 Å². The lowest BCUT2D eigenvalue weighted by molar-refractivity contribution is -0.0381. The van der Waals surface area contributed by atoms with Crippen LogP contribution in [0.5, 0.6) is 0 Å². The number of aromatic nitrogens is 6. The summed E-state index contributed by atoms with van der Waals surface area (Å²) < 4.78 is 32.5. The number of piperazine rings is 1. The maximum Gasteiger partial charge on any atom is 0.350 e. The summed E-state index contributed by atoms with van der Waals surface area (Å²) >= 11 is 0. The van der Waals surface area contributed by atoms with Crippen LogP contribution in [-0.2, 0) is 12.1 Å². The van der Waals surface area contributed by atoms with Gasteiger partial charge in [-0.2, -0.15) is 10.2 Å². The molecule has 1 fully saturated rings. The molecule has 3 heterocycles. The van der Waals surface area contributed by atoms with Crippen molar-refractivity contribution in [2.75, 3.05) is 36.0 Å². The molecule has 1 aliphatic rings. The van der Waals surface area contributed by atoms with Crippen molar-refractivity contribution in [1.82, 2.24) is 29.1 Å². The number of anilines is 2. The Morgan fingerprint density at radius 2 is 1.50 bits per heavy atom. The SMILES string of the molecule is Cc1ccc(N2CCN(c3ccc(-n4cnn(C(C)C(O)(Cn5cncn5)c5ccc(F)cc5F)c4=O)cc3)CC2)cc1C. The molecule has 0 bridgehead atoms. The van der Waals surface area contributed by atoms with Crippen molar-refractivity contribution < 1.29 is 13.9 Å². The summed E-state index contributed by atoms with van der Waals surface area (Å²) in [6.45, 7) is 9.10. The van der Waals surface area contributed by atoms with E-state index in [1.54, 1.807) is 6.92 Å². The predicted molar refractivity (Wildman–Crippen MR) is 163 cm³/mol. The molecule has 6 rings (SSSR count). The minimum Gasteiger partial charge on any atom is -0.381 e. The highest BCUT2D eigenvalue weighted by molar-refractivity contribution is 5.55. The van der Waals surface area contributed by atoms with E-state index < -0.39 is 29.0 Å². The summed E-state index contributed by atoms with van der Waals surface area (Å²) in [6, 6.07) is 16.1. The van der Waals surface area contributed by atoms with Crippen molar-refractivity contribution in [3.05, 3.63) is 118 Å². The zero-order valence-corrected chi connectivity index (χ0v) is 24.8. The van der Waals surface area contributed by atoms with Crippen molar-refractivity contribution in [2.45, 2.75) is 39.0 Å². The third kappa shape index (κ3) is 5.48. The number of aliphatic hydroxyl groups is 1. The fourth-order valence-corrected chi connectivity index (χ4v) is 5.77. The first-order valence-electron chi connectivity index (χ1n) is 14.5. The summed E-state index contributed by atoms with van der Waals surface area (Å²) in [5.74, 6) is -1.73. The number of halogens is 2. The Morgan fingerprint density at radius 3 is 2.14 bits per heavy atom. The lowest BCUT2D eigenvalue weighted by Gasteiger charge is -2.37. The number of benzene rings is 3. The average Bonchev–Trinajstić information content (AvgIpc) is 3.67. The van der Waals surface area contributed by atoms with Crippen LogP contribution in [0.1, 0.15) is 29.7 Å². The van der Waals surface area contributed by atoms with Crippen LogP contribution in [0.15, 0.2) is 84.4 Å². The highest BCUT2D eigenvalue weighted by atomic mass is 19.1. The van der Waals surface area contributed by atoms with Crippen molar-refractivity contribution in [2.24, 2.45) is 0 Å². The number of aryl methyl sites for hydroxylation is 2. The first kappa shape index (κ1) is 29.2. The summed E-state index contributed by atoms with van der Waals surface area (Å²) in [5.41, 5.74) is 2.74. The molecule has 12 heteroatoms.